The molecule has 0 bridgehead atoms. The zero-order chi connectivity index (χ0) is 18.8. The predicted molar refractivity (Wildman–Crippen MR) is 91.6 cm³/mol. The molecule has 0 aromatic carbocycles. The van der Waals surface area contributed by atoms with Crippen LogP contribution in [-0.4, -0.2) is 66.5 Å². The van der Waals surface area contributed by atoms with Crippen molar-refractivity contribution in [1.82, 2.24) is 24.8 Å². The van der Waals surface area contributed by atoms with Crippen molar-refractivity contribution in [2.24, 2.45) is 5.73 Å². The molecule has 1 aliphatic heterocycles. The molecule has 0 spiro atoms. The Labute approximate surface area is 149 Å². The van der Waals surface area contributed by atoms with E-state index in [2.05, 4.69) is 20.3 Å². The van der Waals surface area contributed by atoms with Gasteiger partial charge in [-0.3, -0.25) is 9.36 Å². The molecule has 26 heavy (non-hydrogen) atoms. The largest absolute Gasteiger partial charge is 0.394 e. The summed E-state index contributed by atoms with van der Waals surface area (Å²) in [7, 11) is 0. The number of aromatic nitrogens is 4. The van der Waals surface area contributed by atoms with Crippen molar-refractivity contribution in [2.45, 2.75) is 50.3 Å². The van der Waals surface area contributed by atoms with E-state index < -0.39 is 43.0 Å². The van der Waals surface area contributed by atoms with Gasteiger partial charge in [0.1, 0.15) is 30.1 Å². The van der Waals surface area contributed by atoms with Gasteiger partial charge in [-0.1, -0.05) is 13.3 Å². The Balaban J connectivity index is 1.92. The summed E-state index contributed by atoms with van der Waals surface area (Å²) < 4.78 is 7.28. The minimum absolute atomic E-state index is 0.205. The number of nitrogens with zero attached hydrogens (tertiary/aromatic N) is 4. The van der Waals surface area contributed by atoms with E-state index in [1.54, 1.807) is 4.57 Å². The lowest BCUT2D eigenvalue weighted by atomic mass is 10.1. The SMILES string of the molecule is CCC[C@H](N)C(=O)NC1[C@H](n2cnc3c(N)ncnc32)O[C@H](CO)[C@H]1O. The second kappa shape index (κ2) is 7.50. The highest BCUT2D eigenvalue weighted by atomic mass is 16.5. The van der Waals surface area contributed by atoms with E-state index in [-0.39, 0.29) is 5.82 Å². The highest BCUT2D eigenvalue weighted by Crippen LogP contribution is 2.32. The zero-order valence-corrected chi connectivity index (χ0v) is 14.3. The number of fused-ring (bicyclic) bond motifs is 1. The van der Waals surface area contributed by atoms with Crippen molar-refractivity contribution < 1.29 is 19.7 Å². The highest BCUT2D eigenvalue weighted by molar-refractivity contribution is 5.82. The van der Waals surface area contributed by atoms with Crippen LogP contribution in [0, 0.1) is 0 Å². The number of aliphatic hydroxyl groups excluding tert-OH is 2. The first kappa shape index (κ1) is 18.5. The van der Waals surface area contributed by atoms with Crippen LogP contribution in [0.15, 0.2) is 12.7 Å². The Morgan fingerprint density at radius 3 is 2.92 bits per heavy atom. The van der Waals surface area contributed by atoms with Crippen molar-refractivity contribution in [1.29, 1.82) is 0 Å². The topological polar surface area (TPSA) is 174 Å². The maximum absolute atomic E-state index is 12.3. The van der Waals surface area contributed by atoms with Gasteiger partial charge in [0.25, 0.3) is 0 Å². The third-order valence-electron chi connectivity index (χ3n) is 4.46. The Morgan fingerprint density at radius 1 is 1.46 bits per heavy atom. The van der Waals surface area contributed by atoms with Gasteiger partial charge in [0, 0.05) is 0 Å². The summed E-state index contributed by atoms with van der Waals surface area (Å²) in [6.45, 7) is 1.52. The predicted octanol–water partition coefficient (Wildman–Crippen LogP) is -1.73. The van der Waals surface area contributed by atoms with Crippen molar-refractivity contribution in [3.05, 3.63) is 12.7 Å². The maximum atomic E-state index is 12.3. The van der Waals surface area contributed by atoms with Crippen LogP contribution in [-0.2, 0) is 9.53 Å². The molecular formula is C15H23N7O4. The normalized spacial score (nSPS) is 26.9. The van der Waals surface area contributed by atoms with E-state index >= 15 is 0 Å². The second-order valence-corrected chi connectivity index (χ2v) is 6.25. The first-order valence-corrected chi connectivity index (χ1v) is 8.41. The van der Waals surface area contributed by atoms with Crippen LogP contribution in [0.1, 0.15) is 26.0 Å². The van der Waals surface area contributed by atoms with E-state index in [9.17, 15) is 15.0 Å². The van der Waals surface area contributed by atoms with Gasteiger partial charge < -0.3 is 31.7 Å². The molecule has 1 saturated heterocycles. The van der Waals surface area contributed by atoms with Crippen LogP contribution in [0.25, 0.3) is 11.2 Å². The number of aliphatic hydroxyl groups is 2. The molecule has 1 amide bonds. The molecule has 2 aromatic rings. The molecule has 142 valence electrons. The summed E-state index contributed by atoms with van der Waals surface area (Å²) in [5.41, 5.74) is 12.4. The quantitative estimate of drug-likeness (QED) is 0.398. The first-order valence-electron chi connectivity index (χ1n) is 8.41. The maximum Gasteiger partial charge on any atom is 0.237 e. The molecule has 11 heteroatoms. The minimum Gasteiger partial charge on any atom is -0.394 e. The molecule has 3 heterocycles. The molecule has 1 aliphatic rings. The van der Waals surface area contributed by atoms with Crippen molar-refractivity contribution in [3.63, 3.8) is 0 Å². The van der Waals surface area contributed by atoms with Gasteiger partial charge in [-0.25, -0.2) is 15.0 Å². The number of hydrogen-bond acceptors (Lipinski definition) is 9. The molecule has 7 N–H and O–H groups in total. The van der Waals surface area contributed by atoms with Gasteiger partial charge >= 0.3 is 0 Å². The van der Waals surface area contributed by atoms with Gasteiger partial charge in [0.05, 0.1) is 19.0 Å². The van der Waals surface area contributed by atoms with Crippen LogP contribution in [0.4, 0.5) is 5.82 Å². The molecular weight excluding hydrogens is 342 g/mol. The Morgan fingerprint density at radius 2 is 2.23 bits per heavy atom. The summed E-state index contributed by atoms with van der Waals surface area (Å²) in [5, 5.41) is 22.7. The van der Waals surface area contributed by atoms with Crippen LogP contribution in [0.2, 0.25) is 0 Å². The fraction of sp³-hybridized carbons (Fsp3) is 0.600. The number of anilines is 1. The monoisotopic (exact) mass is 365 g/mol. The fourth-order valence-corrected chi connectivity index (χ4v) is 3.06. The summed E-state index contributed by atoms with van der Waals surface area (Å²) in [5.74, 6) is -0.196. The first-order chi connectivity index (χ1) is 12.5. The van der Waals surface area contributed by atoms with Crippen molar-refractivity contribution in [3.8, 4) is 0 Å². The molecule has 2 aromatic heterocycles. The second-order valence-electron chi connectivity index (χ2n) is 6.25. The minimum atomic E-state index is -1.13. The third kappa shape index (κ3) is 3.21. The number of ether oxygens (including phenoxy) is 1. The molecule has 3 rings (SSSR count). The van der Waals surface area contributed by atoms with E-state index in [0.717, 1.165) is 6.42 Å². The molecule has 0 saturated carbocycles. The lowest BCUT2D eigenvalue weighted by Gasteiger charge is -2.24. The van der Waals surface area contributed by atoms with Crippen LogP contribution >= 0.6 is 0 Å². The number of hydrogen-bond donors (Lipinski definition) is 5. The van der Waals surface area contributed by atoms with Gasteiger partial charge in [-0.15, -0.1) is 0 Å². The third-order valence-corrected chi connectivity index (χ3v) is 4.46. The summed E-state index contributed by atoms with van der Waals surface area (Å²) in [6, 6.07) is -1.53. The van der Waals surface area contributed by atoms with Gasteiger partial charge in [0.15, 0.2) is 17.7 Å². The smallest absolute Gasteiger partial charge is 0.237 e. The van der Waals surface area contributed by atoms with Crippen LogP contribution in [0.3, 0.4) is 0 Å². The highest BCUT2D eigenvalue weighted by Gasteiger charge is 2.46. The zero-order valence-electron chi connectivity index (χ0n) is 14.3. The van der Waals surface area contributed by atoms with E-state index in [1.807, 2.05) is 6.92 Å². The van der Waals surface area contributed by atoms with Gasteiger partial charge in [-0.2, -0.15) is 0 Å². The van der Waals surface area contributed by atoms with Gasteiger partial charge in [-0.05, 0) is 6.42 Å². The Kier molecular flexibility index (Phi) is 5.32. The Bertz CT molecular complexity index is 782. The molecule has 1 unspecified atom stereocenters. The molecule has 5 atom stereocenters. The fourth-order valence-electron chi connectivity index (χ4n) is 3.06. The summed E-state index contributed by atoms with van der Waals surface area (Å²) in [4.78, 5) is 24.5. The van der Waals surface area contributed by atoms with E-state index in [0.29, 0.717) is 17.6 Å². The number of rotatable bonds is 6. The number of carbonyl (C=O) groups excluding carboxylic acids is 1. The van der Waals surface area contributed by atoms with Crippen molar-refractivity contribution in [2.75, 3.05) is 12.3 Å². The van der Waals surface area contributed by atoms with E-state index in [4.69, 9.17) is 16.2 Å². The summed E-state index contributed by atoms with van der Waals surface area (Å²) in [6.07, 6.45) is 1.17. The average molecular weight is 365 g/mol. The molecule has 1 fully saturated rings. The number of carbonyl (C=O) groups is 1. The number of imidazole rings is 1. The molecule has 0 aliphatic carbocycles. The number of amides is 1. The molecule has 0 radical (unpaired) electrons. The van der Waals surface area contributed by atoms with Gasteiger partial charge in [0.2, 0.25) is 5.91 Å². The van der Waals surface area contributed by atoms with Crippen LogP contribution < -0.4 is 16.8 Å². The summed E-state index contributed by atoms with van der Waals surface area (Å²) >= 11 is 0. The molecule has 11 nitrogen and oxygen atoms in total. The Hall–Kier alpha value is -2.34. The average Bonchev–Trinajstić information content (AvgIpc) is 3.18. The number of nitrogens with two attached hydrogens (primary N) is 2. The lowest BCUT2D eigenvalue weighted by molar-refractivity contribution is -0.124. The van der Waals surface area contributed by atoms with E-state index in [1.165, 1.54) is 12.7 Å². The van der Waals surface area contributed by atoms with Crippen molar-refractivity contribution >= 4 is 22.9 Å². The number of nitrogens with one attached hydrogen (secondary N) is 1. The van der Waals surface area contributed by atoms with Crippen LogP contribution in [0.5, 0.6) is 0 Å². The lowest BCUT2D eigenvalue weighted by Crippen LogP contribution is -2.51. The standard InChI is InChI=1S/C15H23N7O4/c1-2-3-7(16)14(25)21-9-11(24)8(4-23)26-15(9)22-6-20-10-12(17)18-5-19-13(10)22/h5-9,11,15,23-24H,2-4,16H2,1H3,(H,21,25)(H2,17,18,19)/t7-,8+,9?,11+,15+/m0/s1. The number of nitrogen functional groups attached to an aromatic ring is 1.